The molecule has 0 unspecified atom stereocenters. The Morgan fingerprint density at radius 2 is 2.15 bits per heavy atom. The van der Waals surface area contributed by atoms with Crippen LogP contribution < -0.4 is 0 Å². The average Bonchev–Trinajstić information content (AvgIpc) is 2.03. The zero-order valence-corrected chi connectivity index (χ0v) is 8.32. The minimum absolute atomic E-state index is 0.00634. The van der Waals surface area contributed by atoms with Gasteiger partial charge in [0.05, 0.1) is 4.92 Å². The summed E-state index contributed by atoms with van der Waals surface area (Å²) < 4.78 is 0.658. The van der Waals surface area contributed by atoms with Gasteiger partial charge in [-0.25, -0.2) is 0 Å². The first-order valence-corrected chi connectivity index (χ1v) is 4.47. The summed E-state index contributed by atoms with van der Waals surface area (Å²) in [6.07, 6.45) is 0.431. The average molecular weight is 246 g/mol. The number of rotatable bonds is 3. The van der Waals surface area contributed by atoms with E-state index in [0.29, 0.717) is 10.9 Å². The van der Waals surface area contributed by atoms with E-state index < -0.39 is 4.92 Å². The van der Waals surface area contributed by atoms with Crippen molar-refractivity contribution in [3.63, 3.8) is 0 Å². The molecule has 0 heterocycles. The fourth-order valence-corrected chi connectivity index (χ4v) is 1.54. The molecular formula is C8H8BrNO3. The van der Waals surface area contributed by atoms with Gasteiger partial charge in [-0.05, 0) is 18.1 Å². The molecule has 0 saturated heterocycles. The van der Waals surface area contributed by atoms with Gasteiger partial charge < -0.3 is 5.11 Å². The first-order valence-electron chi connectivity index (χ1n) is 3.68. The number of nitro benzene ring substituents is 1. The second-order valence-electron chi connectivity index (χ2n) is 2.55. The molecule has 13 heavy (non-hydrogen) atoms. The summed E-state index contributed by atoms with van der Waals surface area (Å²) in [5, 5.41) is 19.1. The summed E-state index contributed by atoms with van der Waals surface area (Å²) in [4.78, 5) is 9.98. The predicted octanol–water partition coefficient (Wildman–Crippen LogP) is 1.89. The number of nitrogens with zero attached hydrogens (tertiary/aromatic N) is 1. The third-order valence-electron chi connectivity index (χ3n) is 1.55. The van der Waals surface area contributed by atoms with Crippen LogP contribution in [0.1, 0.15) is 5.56 Å². The molecule has 0 fully saturated rings. The zero-order chi connectivity index (χ0) is 9.84. The van der Waals surface area contributed by atoms with E-state index in [0.717, 1.165) is 5.56 Å². The maximum Gasteiger partial charge on any atom is 0.270 e. The van der Waals surface area contributed by atoms with Crippen LogP contribution in [0.2, 0.25) is 0 Å². The van der Waals surface area contributed by atoms with Gasteiger partial charge >= 0.3 is 0 Å². The van der Waals surface area contributed by atoms with Crippen molar-refractivity contribution in [1.29, 1.82) is 0 Å². The molecule has 1 rings (SSSR count). The Hall–Kier alpha value is -0.940. The number of aliphatic hydroxyl groups is 1. The Labute approximate surface area is 83.5 Å². The molecule has 4 nitrogen and oxygen atoms in total. The summed E-state index contributed by atoms with van der Waals surface area (Å²) in [5.41, 5.74) is 0.793. The van der Waals surface area contributed by atoms with E-state index in [-0.39, 0.29) is 12.3 Å². The molecule has 5 heteroatoms. The van der Waals surface area contributed by atoms with Crippen molar-refractivity contribution in [2.24, 2.45) is 0 Å². The SMILES string of the molecule is O=[N+]([O-])c1cc(Br)cc(CCO)c1. The van der Waals surface area contributed by atoms with Gasteiger partial charge in [0.1, 0.15) is 0 Å². The van der Waals surface area contributed by atoms with Gasteiger partial charge in [0.25, 0.3) is 5.69 Å². The Morgan fingerprint density at radius 3 is 2.69 bits per heavy atom. The topological polar surface area (TPSA) is 63.4 Å². The molecule has 70 valence electrons. The van der Waals surface area contributed by atoms with Gasteiger partial charge in [-0.3, -0.25) is 10.1 Å². The van der Waals surface area contributed by atoms with Crippen LogP contribution in [0.15, 0.2) is 22.7 Å². The standard InChI is InChI=1S/C8H8BrNO3/c9-7-3-6(1-2-11)4-8(5-7)10(12)13/h3-5,11H,1-2H2. The fourth-order valence-electron chi connectivity index (χ4n) is 1.01. The van der Waals surface area contributed by atoms with Crippen LogP contribution in [0.3, 0.4) is 0 Å². The van der Waals surface area contributed by atoms with Crippen molar-refractivity contribution in [1.82, 2.24) is 0 Å². The van der Waals surface area contributed by atoms with Crippen molar-refractivity contribution >= 4 is 21.6 Å². The maximum absolute atomic E-state index is 10.4. The molecule has 1 aromatic carbocycles. The lowest BCUT2D eigenvalue weighted by atomic mass is 10.1. The lowest BCUT2D eigenvalue weighted by Crippen LogP contribution is -1.94. The number of halogens is 1. The van der Waals surface area contributed by atoms with Crippen LogP contribution in [0, 0.1) is 10.1 Å². The van der Waals surface area contributed by atoms with Gasteiger partial charge in [-0.2, -0.15) is 0 Å². The lowest BCUT2D eigenvalue weighted by Gasteiger charge is -1.99. The molecule has 0 amide bonds. The highest BCUT2D eigenvalue weighted by molar-refractivity contribution is 9.10. The minimum Gasteiger partial charge on any atom is -0.396 e. The second-order valence-corrected chi connectivity index (χ2v) is 3.46. The molecule has 0 aliphatic carbocycles. The summed E-state index contributed by atoms with van der Waals surface area (Å²) in [7, 11) is 0. The maximum atomic E-state index is 10.4. The molecule has 0 saturated carbocycles. The van der Waals surface area contributed by atoms with Crippen LogP contribution in [-0.4, -0.2) is 16.6 Å². The minimum atomic E-state index is -0.453. The van der Waals surface area contributed by atoms with E-state index in [1.165, 1.54) is 12.1 Å². The van der Waals surface area contributed by atoms with Crippen LogP contribution in [0.4, 0.5) is 5.69 Å². The van der Waals surface area contributed by atoms with Crippen LogP contribution in [0.25, 0.3) is 0 Å². The van der Waals surface area contributed by atoms with E-state index in [4.69, 9.17) is 5.11 Å². The van der Waals surface area contributed by atoms with Gasteiger partial charge in [-0.15, -0.1) is 0 Å². The van der Waals surface area contributed by atoms with Crippen molar-refractivity contribution in [2.75, 3.05) is 6.61 Å². The number of hydrogen-bond donors (Lipinski definition) is 1. The third-order valence-corrected chi connectivity index (χ3v) is 2.01. The van der Waals surface area contributed by atoms with E-state index in [2.05, 4.69) is 15.9 Å². The smallest absolute Gasteiger partial charge is 0.270 e. The Morgan fingerprint density at radius 1 is 1.46 bits per heavy atom. The van der Waals surface area contributed by atoms with Gasteiger partial charge in [0, 0.05) is 23.2 Å². The lowest BCUT2D eigenvalue weighted by molar-refractivity contribution is -0.385. The van der Waals surface area contributed by atoms with Crippen molar-refractivity contribution < 1.29 is 10.0 Å². The molecule has 0 aliphatic rings. The first kappa shape index (κ1) is 10.1. The highest BCUT2D eigenvalue weighted by Crippen LogP contribution is 2.21. The third kappa shape index (κ3) is 2.78. The Bertz CT molecular complexity index is 327. The first-order chi connectivity index (χ1) is 6.13. The fraction of sp³-hybridized carbons (Fsp3) is 0.250. The molecule has 0 bridgehead atoms. The van der Waals surface area contributed by atoms with Gasteiger partial charge in [0.15, 0.2) is 0 Å². The van der Waals surface area contributed by atoms with Crippen molar-refractivity contribution in [3.05, 3.63) is 38.3 Å². The summed E-state index contributed by atoms with van der Waals surface area (Å²) in [6, 6.07) is 4.64. The monoisotopic (exact) mass is 245 g/mol. The van der Waals surface area contributed by atoms with Gasteiger partial charge in [0.2, 0.25) is 0 Å². The van der Waals surface area contributed by atoms with E-state index >= 15 is 0 Å². The second kappa shape index (κ2) is 4.34. The van der Waals surface area contributed by atoms with Crippen molar-refractivity contribution in [3.8, 4) is 0 Å². The van der Waals surface area contributed by atoms with E-state index in [1.54, 1.807) is 6.07 Å². The Balaban J connectivity index is 3.03. The quantitative estimate of drug-likeness (QED) is 0.654. The highest BCUT2D eigenvalue weighted by atomic mass is 79.9. The zero-order valence-electron chi connectivity index (χ0n) is 6.74. The van der Waals surface area contributed by atoms with Crippen LogP contribution in [0.5, 0.6) is 0 Å². The van der Waals surface area contributed by atoms with Crippen molar-refractivity contribution in [2.45, 2.75) is 6.42 Å². The van der Waals surface area contributed by atoms with E-state index in [9.17, 15) is 10.1 Å². The summed E-state index contributed by atoms with van der Waals surface area (Å²) >= 11 is 3.17. The van der Waals surface area contributed by atoms with Crippen LogP contribution in [-0.2, 0) is 6.42 Å². The number of nitro groups is 1. The summed E-state index contributed by atoms with van der Waals surface area (Å²) in [6.45, 7) is -0.00634. The molecular weight excluding hydrogens is 238 g/mol. The number of hydrogen-bond acceptors (Lipinski definition) is 3. The summed E-state index contributed by atoms with van der Waals surface area (Å²) in [5.74, 6) is 0. The molecule has 0 aromatic heterocycles. The number of non-ortho nitro benzene ring substituents is 1. The Kier molecular flexibility index (Phi) is 3.39. The molecule has 0 spiro atoms. The van der Waals surface area contributed by atoms with Crippen LogP contribution >= 0.6 is 15.9 Å². The normalized spacial score (nSPS) is 10.0. The largest absolute Gasteiger partial charge is 0.396 e. The highest BCUT2D eigenvalue weighted by Gasteiger charge is 2.07. The van der Waals surface area contributed by atoms with E-state index in [1.807, 2.05) is 0 Å². The molecule has 0 aliphatic heterocycles. The number of aliphatic hydroxyl groups excluding tert-OH is 1. The molecule has 1 N–H and O–H groups in total. The molecule has 0 atom stereocenters. The van der Waals surface area contributed by atoms with Gasteiger partial charge in [-0.1, -0.05) is 15.9 Å². The number of benzene rings is 1. The predicted molar refractivity (Wildman–Crippen MR) is 51.6 cm³/mol. The molecule has 0 radical (unpaired) electrons. The molecule has 1 aromatic rings.